The molecule has 0 unspecified atom stereocenters. The van der Waals surface area contributed by atoms with Gasteiger partial charge in [-0.15, -0.1) is 0 Å². The SMILES string of the molecule is O=C(OCCOCCOCCOCCCCCCCCCCCS)c1ccc(F)c(F)c1F. The molecule has 1 rings (SSSR count). The summed E-state index contributed by atoms with van der Waals surface area (Å²) in [4.78, 5) is 11.7. The van der Waals surface area contributed by atoms with E-state index in [1.165, 1.54) is 51.4 Å². The van der Waals surface area contributed by atoms with E-state index in [9.17, 15) is 18.0 Å². The maximum atomic E-state index is 13.5. The fourth-order valence-corrected chi connectivity index (χ4v) is 3.27. The molecule has 0 aliphatic rings. The number of carbonyl (C=O) groups excluding carboxylic acids is 1. The van der Waals surface area contributed by atoms with Crippen molar-refractivity contribution in [1.29, 1.82) is 0 Å². The molecule has 0 aliphatic carbocycles. The summed E-state index contributed by atoms with van der Waals surface area (Å²) < 4.78 is 60.4. The first-order valence-electron chi connectivity index (χ1n) is 11.7. The van der Waals surface area contributed by atoms with Crippen molar-refractivity contribution in [2.75, 3.05) is 52.0 Å². The van der Waals surface area contributed by atoms with Crippen LogP contribution < -0.4 is 0 Å². The normalized spacial score (nSPS) is 11.2. The van der Waals surface area contributed by atoms with Gasteiger partial charge in [0.1, 0.15) is 6.61 Å². The van der Waals surface area contributed by atoms with Gasteiger partial charge in [-0.1, -0.05) is 44.9 Å². The fourth-order valence-electron chi connectivity index (χ4n) is 3.05. The molecule has 0 fully saturated rings. The summed E-state index contributed by atoms with van der Waals surface area (Å²) in [7, 11) is 0. The minimum Gasteiger partial charge on any atom is -0.460 e. The molecular weight excluding hydrogens is 457 g/mol. The van der Waals surface area contributed by atoms with Gasteiger partial charge in [-0.25, -0.2) is 18.0 Å². The highest BCUT2D eigenvalue weighted by Crippen LogP contribution is 2.16. The molecule has 0 bridgehead atoms. The topological polar surface area (TPSA) is 54.0 Å². The zero-order valence-corrected chi connectivity index (χ0v) is 20.2. The lowest BCUT2D eigenvalue weighted by molar-refractivity contribution is 0.0000400. The summed E-state index contributed by atoms with van der Waals surface area (Å²) in [5.41, 5.74) is -0.659. The van der Waals surface area contributed by atoms with Gasteiger partial charge in [0.2, 0.25) is 0 Å². The molecule has 0 saturated carbocycles. The zero-order chi connectivity index (χ0) is 24.2. The van der Waals surface area contributed by atoms with Gasteiger partial charge in [0.05, 0.1) is 38.6 Å². The van der Waals surface area contributed by atoms with Crippen LogP contribution in [-0.4, -0.2) is 58.0 Å². The Morgan fingerprint density at radius 1 is 0.636 bits per heavy atom. The number of halogens is 3. The molecule has 33 heavy (non-hydrogen) atoms. The zero-order valence-electron chi connectivity index (χ0n) is 19.3. The van der Waals surface area contributed by atoms with E-state index in [4.69, 9.17) is 18.9 Å². The molecule has 5 nitrogen and oxygen atoms in total. The molecule has 0 heterocycles. The number of hydrogen-bond acceptors (Lipinski definition) is 6. The van der Waals surface area contributed by atoms with Crippen LogP contribution in [0.5, 0.6) is 0 Å². The third kappa shape index (κ3) is 14.6. The minimum absolute atomic E-state index is 0.0759. The molecule has 190 valence electrons. The van der Waals surface area contributed by atoms with Gasteiger partial charge in [0.25, 0.3) is 0 Å². The van der Waals surface area contributed by atoms with Gasteiger partial charge in [0.15, 0.2) is 17.5 Å². The first-order chi connectivity index (χ1) is 16.1. The van der Waals surface area contributed by atoms with Crippen molar-refractivity contribution in [3.63, 3.8) is 0 Å². The van der Waals surface area contributed by atoms with Gasteiger partial charge in [-0.3, -0.25) is 0 Å². The van der Waals surface area contributed by atoms with Crippen molar-refractivity contribution in [2.45, 2.75) is 57.8 Å². The second-order valence-corrected chi connectivity index (χ2v) is 8.05. The monoisotopic (exact) mass is 494 g/mol. The number of esters is 1. The van der Waals surface area contributed by atoms with E-state index in [2.05, 4.69) is 12.6 Å². The van der Waals surface area contributed by atoms with Crippen LogP contribution in [-0.2, 0) is 18.9 Å². The van der Waals surface area contributed by atoms with Crippen molar-refractivity contribution in [2.24, 2.45) is 0 Å². The van der Waals surface area contributed by atoms with E-state index in [-0.39, 0.29) is 13.2 Å². The number of carbonyl (C=O) groups is 1. The van der Waals surface area contributed by atoms with Crippen LogP contribution in [0, 0.1) is 17.5 Å². The highest BCUT2D eigenvalue weighted by Gasteiger charge is 2.19. The van der Waals surface area contributed by atoms with Gasteiger partial charge in [-0.05, 0) is 30.7 Å². The molecular formula is C24H37F3O5S. The minimum atomic E-state index is -1.71. The van der Waals surface area contributed by atoms with Crippen molar-refractivity contribution in [3.8, 4) is 0 Å². The summed E-state index contributed by atoms with van der Waals surface area (Å²) in [6.45, 7) is 2.34. The number of ether oxygens (including phenoxy) is 4. The number of hydrogen-bond donors (Lipinski definition) is 1. The van der Waals surface area contributed by atoms with Gasteiger partial charge in [-0.2, -0.15) is 12.6 Å². The Balaban J connectivity index is 1.83. The maximum absolute atomic E-state index is 13.5. The third-order valence-corrected chi connectivity index (χ3v) is 5.22. The van der Waals surface area contributed by atoms with Gasteiger partial charge < -0.3 is 18.9 Å². The summed E-state index contributed by atoms with van der Waals surface area (Å²) in [5, 5.41) is 0. The molecule has 0 saturated heterocycles. The summed E-state index contributed by atoms with van der Waals surface area (Å²) >= 11 is 4.22. The van der Waals surface area contributed by atoms with Crippen molar-refractivity contribution < 1.29 is 36.9 Å². The number of benzene rings is 1. The van der Waals surface area contributed by atoms with Crippen molar-refractivity contribution >= 4 is 18.6 Å². The molecule has 1 aromatic rings. The first kappa shape index (κ1) is 29.7. The molecule has 0 N–H and O–H groups in total. The average molecular weight is 495 g/mol. The van der Waals surface area contributed by atoms with Crippen LogP contribution in [0.1, 0.15) is 68.1 Å². The molecule has 0 spiro atoms. The number of unbranched alkanes of at least 4 members (excludes halogenated alkanes) is 8. The van der Waals surface area contributed by atoms with Gasteiger partial charge in [0, 0.05) is 6.61 Å². The first-order valence-corrected chi connectivity index (χ1v) is 12.4. The standard InChI is InChI=1S/C24H37F3O5S/c25-21-11-10-20(22(26)23(21)27)24(28)32-18-17-31-16-15-30-14-13-29-12-8-6-4-2-1-3-5-7-9-19-33/h10-11,33H,1-9,12-19H2. The predicted octanol–water partition coefficient (Wildman–Crippen LogP) is 5.75. The lowest BCUT2D eigenvalue weighted by atomic mass is 10.1. The molecule has 0 amide bonds. The number of rotatable bonds is 21. The van der Waals surface area contributed by atoms with Crippen LogP contribution in [0.25, 0.3) is 0 Å². The van der Waals surface area contributed by atoms with Crippen LogP contribution in [0.15, 0.2) is 12.1 Å². The van der Waals surface area contributed by atoms with E-state index in [0.29, 0.717) is 32.5 Å². The van der Waals surface area contributed by atoms with Crippen LogP contribution in [0.4, 0.5) is 13.2 Å². The molecule has 0 atom stereocenters. The Morgan fingerprint density at radius 2 is 1.12 bits per heavy atom. The molecule has 0 aromatic heterocycles. The summed E-state index contributed by atoms with van der Waals surface area (Å²) in [6.07, 6.45) is 11.3. The Labute approximate surface area is 200 Å². The van der Waals surface area contributed by atoms with E-state index < -0.39 is 29.0 Å². The highest BCUT2D eigenvalue weighted by molar-refractivity contribution is 7.80. The lowest BCUT2D eigenvalue weighted by Gasteiger charge is -2.08. The molecule has 0 radical (unpaired) electrons. The smallest absolute Gasteiger partial charge is 0.341 e. The second kappa shape index (κ2) is 20.1. The van der Waals surface area contributed by atoms with Crippen LogP contribution >= 0.6 is 12.6 Å². The summed E-state index contributed by atoms with van der Waals surface area (Å²) in [5.74, 6) is -4.72. The van der Waals surface area contributed by atoms with Gasteiger partial charge >= 0.3 is 5.97 Å². The largest absolute Gasteiger partial charge is 0.460 e. The fraction of sp³-hybridized carbons (Fsp3) is 0.708. The third-order valence-electron chi connectivity index (χ3n) is 4.91. The molecule has 9 heteroatoms. The van der Waals surface area contributed by atoms with Crippen LogP contribution in [0.3, 0.4) is 0 Å². The summed E-state index contributed by atoms with van der Waals surface area (Å²) in [6, 6.07) is 1.50. The van der Waals surface area contributed by atoms with E-state index in [1.54, 1.807) is 0 Å². The average Bonchev–Trinajstić information content (AvgIpc) is 2.81. The molecule has 0 aliphatic heterocycles. The van der Waals surface area contributed by atoms with E-state index >= 15 is 0 Å². The maximum Gasteiger partial charge on any atom is 0.341 e. The van der Waals surface area contributed by atoms with Crippen molar-refractivity contribution in [1.82, 2.24) is 0 Å². The second-order valence-electron chi connectivity index (χ2n) is 7.60. The number of thiol groups is 1. The quantitative estimate of drug-likeness (QED) is 0.102. The van der Waals surface area contributed by atoms with E-state index in [0.717, 1.165) is 24.8 Å². The lowest BCUT2D eigenvalue weighted by Crippen LogP contribution is -2.15. The van der Waals surface area contributed by atoms with Crippen LogP contribution in [0.2, 0.25) is 0 Å². The van der Waals surface area contributed by atoms with Crippen molar-refractivity contribution in [3.05, 3.63) is 35.1 Å². The Kier molecular flexibility index (Phi) is 18.1. The Bertz CT molecular complexity index is 649. The predicted molar refractivity (Wildman–Crippen MR) is 124 cm³/mol. The highest BCUT2D eigenvalue weighted by atomic mass is 32.1. The molecule has 1 aromatic carbocycles. The Morgan fingerprint density at radius 3 is 1.70 bits per heavy atom. The van der Waals surface area contributed by atoms with E-state index in [1.807, 2.05) is 0 Å². The Hall–Kier alpha value is -1.29.